The number of nitrogens with zero attached hydrogens (tertiary/aromatic N) is 4. The molecule has 0 radical (unpaired) electrons. The molecule has 264 valence electrons. The van der Waals surface area contributed by atoms with Crippen molar-refractivity contribution >= 4 is 35.4 Å². The van der Waals surface area contributed by atoms with Crippen molar-refractivity contribution in [2.45, 2.75) is 83.6 Å². The Kier molecular flexibility index (Phi) is 10.7. The first-order valence-electron chi connectivity index (χ1n) is 14.7. The number of benzene rings is 2. The molecule has 3 aromatic rings. The highest BCUT2D eigenvalue weighted by atomic mass is 32.1. The Bertz CT molecular complexity index is 1670. The summed E-state index contributed by atoms with van der Waals surface area (Å²) in [5, 5.41) is 16.8. The number of halogens is 3. The zero-order valence-corrected chi connectivity index (χ0v) is 28.0. The first-order chi connectivity index (χ1) is 22.7. The molecule has 0 N–H and O–H groups in total. The van der Waals surface area contributed by atoms with E-state index in [1.807, 2.05) is 0 Å². The van der Waals surface area contributed by atoms with Gasteiger partial charge < -0.3 is 23.7 Å². The molecule has 1 aliphatic rings. The Morgan fingerprint density at radius 2 is 1.51 bits per heavy atom. The van der Waals surface area contributed by atoms with Gasteiger partial charge in [0.25, 0.3) is 5.69 Å². The third-order valence-corrected chi connectivity index (χ3v) is 7.60. The molecule has 49 heavy (non-hydrogen) atoms. The smallest absolute Gasteiger partial charge is 0.444 e. The standard InChI is InChI=1S/C31H33F3N4O10S/c1-29(2,3)47-26(39)37-16-22(45-28(41)48-30(4,5)6)23(46-27(40)44-20-13-11-19(12-14-20)38(42)43)21(37)15-17-7-9-18(10-8-17)24-35-36-25(49-24)31(32,33)34/h7-14,21-23H,15-16H2,1-6H3/t21-,22+,23+/m1/s1. The monoisotopic (exact) mass is 710 g/mol. The van der Waals surface area contributed by atoms with Gasteiger partial charge in [0.05, 0.1) is 17.5 Å². The molecular weight excluding hydrogens is 677 g/mol. The Morgan fingerprint density at radius 1 is 0.898 bits per heavy atom. The van der Waals surface area contributed by atoms with Crippen LogP contribution < -0.4 is 4.74 Å². The van der Waals surface area contributed by atoms with Crippen molar-refractivity contribution in [1.29, 1.82) is 0 Å². The van der Waals surface area contributed by atoms with Crippen LogP contribution in [0.1, 0.15) is 52.1 Å². The van der Waals surface area contributed by atoms with Crippen molar-refractivity contribution in [3.63, 3.8) is 0 Å². The molecule has 0 unspecified atom stereocenters. The van der Waals surface area contributed by atoms with Gasteiger partial charge in [-0.2, -0.15) is 13.2 Å². The second kappa shape index (κ2) is 14.2. The Hall–Kier alpha value is -5.00. The highest BCUT2D eigenvalue weighted by Gasteiger charge is 2.50. The number of likely N-dealkylation sites (tertiary alicyclic amines) is 1. The number of alkyl halides is 3. The number of ether oxygens (including phenoxy) is 5. The molecule has 1 saturated heterocycles. The third kappa shape index (κ3) is 10.2. The molecule has 2 heterocycles. The molecule has 1 aromatic heterocycles. The summed E-state index contributed by atoms with van der Waals surface area (Å²) >= 11 is 0.379. The molecule has 2 aromatic carbocycles. The van der Waals surface area contributed by atoms with Crippen LogP contribution in [-0.2, 0) is 31.5 Å². The van der Waals surface area contributed by atoms with Gasteiger partial charge >= 0.3 is 24.6 Å². The molecule has 0 aliphatic carbocycles. The minimum atomic E-state index is -4.64. The van der Waals surface area contributed by atoms with E-state index in [2.05, 4.69) is 10.2 Å². The van der Waals surface area contributed by atoms with E-state index in [-0.39, 0.29) is 29.4 Å². The zero-order chi connectivity index (χ0) is 36.3. The van der Waals surface area contributed by atoms with Gasteiger partial charge in [-0.05, 0) is 65.7 Å². The number of hydrogen-bond acceptors (Lipinski definition) is 13. The molecular formula is C31H33F3N4O10S. The fraction of sp³-hybridized carbons (Fsp3) is 0.452. The minimum Gasteiger partial charge on any atom is -0.444 e. The zero-order valence-electron chi connectivity index (χ0n) is 27.2. The van der Waals surface area contributed by atoms with Gasteiger partial charge in [0.1, 0.15) is 22.0 Å². The van der Waals surface area contributed by atoms with Crippen molar-refractivity contribution in [3.8, 4) is 16.3 Å². The van der Waals surface area contributed by atoms with E-state index in [4.69, 9.17) is 23.7 Å². The van der Waals surface area contributed by atoms with E-state index in [0.29, 0.717) is 22.5 Å². The predicted molar refractivity (Wildman–Crippen MR) is 166 cm³/mol. The van der Waals surface area contributed by atoms with Crippen LogP contribution in [0.5, 0.6) is 5.75 Å². The Morgan fingerprint density at radius 3 is 2.04 bits per heavy atom. The van der Waals surface area contributed by atoms with Crippen LogP contribution in [0.2, 0.25) is 0 Å². The van der Waals surface area contributed by atoms with E-state index in [9.17, 15) is 37.7 Å². The number of rotatable bonds is 7. The second-order valence-corrected chi connectivity index (χ2v) is 13.8. The van der Waals surface area contributed by atoms with Crippen LogP contribution in [-0.4, -0.2) is 74.4 Å². The lowest BCUT2D eigenvalue weighted by Crippen LogP contribution is -2.45. The molecule has 0 spiro atoms. The Labute approximate surface area is 282 Å². The maximum Gasteiger partial charge on any atom is 0.514 e. The summed E-state index contributed by atoms with van der Waals surface area (Å²) in [6, 6.07) is 9.82. The van der Waals surface area contributed by atoms with Crippen molar-refractivity contribution < 1.29 is 56.2 Å². The molecule has 14 nitrogen and oxygen atoms in total. The molecule has 0 bridgehead atoms. The molecule has 4 rings (SSSR count). The van der Waals surface area contributed by atoms with E-state index >= 15 is 0 Å². The van der Waals surface area contributed by atoms with Crippen molar-refractivity contribution in [1.82, 2.24) is 15.1 Å². The summed E-state index contributed by atoms with van der Waals surface area (Å²) in [4.78, 5) is 50.8. The fourth-order valence-corrected chi connectivity index (χ4v) is 5.33. The van der Waals surface area contributed by atoms with Crippen LogP contribution in [0.15, 0.2) is 48.5 Å². The number of carbonyl (C=O) groups excluding carboxylic acids is 3. The van der Waals surface area contributed by atoms with E-state index < -0.39 is 64.0 Å². The predicted octanol–water partition coefficient (Wildman–Crippen LogP) is 7.20. The van der Waals surface area contributed by atoms with Gasteiger partial charge in [0, 0.05) is 17.7 Å². The lowest BCUT2D eigenvalue weighted by atomic mass is 10.00. The van der Waals surface area contributed by atoms with Crippen molar-refractivity contribution in [2.24, 2.45) is 0 Å². The SMILES string of the molecule is CC(C)(C)OC(=O)O[C@H]1CN(C(=O)OC(C)(C)C)[C@H](Cc2ccc(-c3nnc(C(F)(F)F)s3)cc2)[C@@H]1OC(=O)Oc1ccc([N+](=O)[O-])cc1. The highest BCUT2D eigenvalue weighted by Crippen LogP contribution is 2.35. The van der Waals surface area contributed by atoms with E-state index in [1.165, 1.54) is 29.2 Å². The molecule has 1 amide bonds. The van der Waals surface area contributed by atoms with E-state index in [1.54, 1.807) is 53.7 Å². The summed E-state index contributed by atoms with van der Waals surface area (Å²) in [7, 11) is 0. The van der Waals surface area contributed by atoms with Gasteiger partial charge in [0.15, 0.2) is 12.2 Å². The Balaban J connectivity index is 1.64. The molecule has 1 fully saturated rings. The van der Waals surface area contributed by atoms with Gasteiger partial charge in [-0.1, -0.05) is 35.6 Å². The van der Waals surface area contributed by atoms with Gasteiger partial charge in [-0.25, -0.2) is 14.4 Å². The van der Waals surface area contributed by atoms with E-state index in [0.717, 1.165) is 12.1 Å². The maximum atomic E-state index is 13.5. The van der Waals surface area contributed by atoms with Crippen LogP contribution >= 0.6 is 11.3 Å². The quantitative estimate of drug-likeness (QED) is 0.0796. The van der Waals surface area contributed by atoms with Crippen molar-refractivity contribution in [3.05, 3.63) is 69.2 Å². The lowest BCUT2D eigenvalue weighted by molar-refractivity contribution is -0.384. The molecule has 3 atom stereocenters. The molecule has 1 aliphatic heterocycles. The maximum absolute atomic E-state index is 13.5. The second-order valence-electron chi connectivity index (χ2n) is 12.8. The number of aromatic nitrogens is 2. The number of nitro benzene ring substituents is 1. The normalized spacial score (nSPS) is 18.1. The summed E-state index contributed by atoms with van der Waals surface area (Å²) in [5.41, 5.74) is -1.21. The van der Waals surface area contributed by atoms with Crippen LogP contribution in [0.3, 0.4) is 0 Å². The van der Waals surface area contributed by atoms with Gasteiger partial charge in [0.2, 0.25) is 5.01 Å². The average molecular weight is 711 g/mol. The lowest BCUT2D eigenvalue weighted by Gasteiger charge is -2.30. The first-order valence-corrected chi connectivity index (χ1v) is 15.5. The largest absolute Gasteiger partial charge is 0.514 e. The summed E-state index contributed by atoms with van der Waals surface area (Å²) in [5.74, 6) is -0.0836. The summed E-state index contributed by atoms with van der Waals surface area (Å²) in [6.07, 6.45) is -10.4. The van der Waals surface area contributed by atoms with Crippen LogP contribution in [0.25, 0.3) is 10.6 Å². The third-order valence-electron chi connectivity index (χ3n) is 6.58. The van der Waals surface area contributed by atoms with Crippen molar-refractivity contribution in [2.75, 3.05) is 6.54 Å². The minimum absolute atomic E-state index is 0.00685. The van der Waals surface area contributed by atoms with Crippen LogP contribution in [0, 0.1) is 10.1 Å². The number of hydrogen-bond donors (Lipinski definition) is 0. The van der Waals surface area contributed by atoms with Crippen LogP contribution in [0.4, 0.5) is 33.2 Å². The highest BCUT2D eigenvalue weighted by molar-refractivity contribution is 7.14. The summed E-state index contributed by atoms with van der Waals surface area (Å²) < 4.78 is 66.5. The topological polar surface area (TPSA) is 170 Å². The number of amides is 1. The number of nitro groups is 1. The molecule has 18 heteroatoms. The van der Waals surface area contributed by atoms with Gasteiger partial charge in [-0.3, -0.25) is 15.0 Å². The number of non-ortho nitro benzene ring substituents is 1. The molecule has 0 saturated carbocycles. The average Bonchev–Trinajstić information content (AvgIpc) is 3.58. The summed E-state index contributed by atoms with van der Waals surface area (Å²) in [6.45, 7) is 9.51. The number of carbonyl (C=O) groups is 3. The fourth-order valence-electron chi connectivity index (χ4n) is 4.62. The first kappa shape index (κ1) is 36.8. The van der Waals surface area contributed by atoms with Gasteiger partial charge in [-0.15, -0.1) is 10.2 Å².